The summed E-state index contributed by atoms with van der Waals surface area (Å²) in [4.78, 5) is 26.0. The van der Waals surface area contributed by atoms with Gasteiger partial charge in [-0.25, -0.2) is 4.79 Å². The fraction of sp³-hybridized carbons (Fsp3) is 0.286. The number of rotatable bonds is 3. The van der Waals surface area contributed by atoms with E-state index in [-0.39, 0.29) is 17.5 Å². The van der Waals surface area contributed by atoms with E-state index >= 15 is 0 Å². The van der Waals surface area contributed by atoms with Crippen molar-refractivity contribution < 1.29 is 5.11 Å². The van der Waals surface area contributed by atoms with Gasteiger partial charge in [0, 0.05) is 11.1 Å². The second kappa shape index (κ2) is 5.54. The average Bonchev–Trinajstić information content (AvgIpc) is 2.37. The van der Waals surface area contributed by atoms with E-state index < -0.39 is 11.2 Å². The molecule has 2 aromatic rings. The molecule has 5 nitrogen and oxygen atoms in total. The Kier molecular flexibility index (Phi) is 3.99. The molecule has 6 heteroatoms. The molecule has 0 aliphatic rings. The normalized spacial score (nSPS) is 12.3. The van der Waals surface area contributed by atoms with Gasteiger partial charge in [0.05, 0.1) is 0 Å². The van der Waals surface area contributed by atoms with Gasteiger partial charge in [-0.15, -0.1) is 0 Å². The van der Waals surface area contributed by atoms with Gasteiger partial charge in [-0.05, 0) is 31.0 Å². The number of hydrogen-bond acceptors (Lipinski definition) is 3. The number of H-pyrrole nitrogens is 1. The lowest BCUT2D eigenvalue weighted by Gasteiger charge is -2.16. The minimum Gasteiger partial charge on any atom is -0.494 e. The number of benzene rings is 1. The van der Waals surface area contributed by atoms with Crippen LogP contribution in [0.25, 0.3) is 11.1 Å². The van der Waals surface area contributed by atoms with Crippen LogP contribution < -0.4 is 11.2 Å². The van der Waals surface area contributed by atoms with Crippen molar-refractivity contribution in [1.29, 1.82) is 0 Å². The second-order valence-corrected chi connectivity index (χ2v) is 5.03. The minimum absolute atomic E-state index is 0.0485. The van der Waals surface area contributed by atoms with Gasteiger partial charge >= 0.3 is 5.69 Å². The van der Waals surface area contributed by atoms with Crippen molar-refractivity contribution in [3.8, 4) is 17.0 Å². The van der Waals surface area contributed by atoms with E-state index in [1.165, 1.54) is 4.57 Å². The number of aromatic nitrogens is 2. The number of nitrogens with one attached hydrogen (secondary N) is 1. The molecule has 1 unspecified atom stereocenters. The van der Waals surface area contributed by atoms with E-state index in [0.29, 0.717) is 17.0 Å². The molecule has 1 atom stereocenters. The molecule has 1 heterocycles. The van der Waals surface area contributed by atoms with Gasteiger partial charge in [-0.1, -0.05) is 30.7 Å². The topological polar surface area (TPSA) is 75.1 Å². The van der Waals surface area contributed by atoms with E-state index in [4.69, 9.17) is 11.6 Å². The van der Waals surface area contributed by atoms with Crippen molar-refractivity contribution in [2.45, 2.75) is 26.3 Å². The molecule has 0 aliphatic carbocycles. The van der Waals surface area contributed by atoms with Gasteiger partial charge < -0.3 is 5.11 Å². The molecule has 0 bridgehead atoms. The van der Waals surface area contributed by atoms with Gasteiger partial charge in [0.15, 0.2) is 0 Å². The van der Waals surface area contributed by atoms with Gasteiger partial charge in [-0.3, -0.25) is 14.3 Å². The van der Waals surface area contributed by atoms with Crippen LogP contribution in [-0.4, -0.2) is 14.7 Å². The van der Waals surface area contributed by atoms with Crippen molar-refractivity contribution in [3.63, 3.8) is 0 Å². The molecule has 2 rings (SSSR count). The lowest BCUT2D eigenvalue weighted by Crippen LogP contribution is -2.32. The Balaban J connectivity index is 2.78. The van der Waals surface area contributed by atoms with E-state index in [9.17, 15) is 14.7 Å². The maximum Gasteiger partial charge on any atom is 0.331 e. The number of halogens is 1. The summed E-state index contributed by atoms with van der Waals surface area (Å²) >= 11 is 5.90. The van der Waals surface area contributed by atoms with Crippen molar-refractivity contribution in [2.24, 2.45) is 0 Å². The first kappa shape index (κ1) is 14.4. The number of aromatic amines is 1. The maximum atomic E-state index is 12.0. The monoisotopic (exact) mass is 294 g/mol. The molecule has 0 spiro atoms. The highest BCUT2D eigenvalue weighted by atomic mass is 35.5. The lowest BCUT2D eigenvalue weighted by molar-refractivity contribution is 0.369. The van der Waals surface area contributed by atoms with Crippen LogP contribution in [0.15, 0.2) is 33.9 Å². The zero-order valence-corrected chi connectivity index (χ0v) is 11.9. The Morgan fingerprint density at radius 1 is 1.40 bits per heavy atom. The Labute approximate surface area is 120 Å². The molecule has 0 aliphatic heterocycles. The highest BCUT2D eigenvalue weighted by molar-refractivity contribution is 6.30. The fourth-order valence-corrected chi connectivity index (χ4v) is 2.22. The zero-order valence-electron chi connectivity index (χ0n) is 11.2. The summed E-state index contributed by atoms with van der Waals surface area (Å²) in [5.74, 6) is -0.338. The van der Waals surface area contributed by atoms with Crippen LogP contribution in [-0.2, 0) is 0 Å². The van der Waals surface area contributed by atoms with Crippen LogP contribution in [0.1, 0.15) is 26.3 Å². The fourth-order valence-electron chi connectivity index (χ4n) is 2.03. The van der Waals surface area contributed by atoms with Crippen LogP contribution in [0.3, 0.4) is 0 Å². The first-order valence-electron chi connectivity index (χ1n) is 6.29. The number of aromatic hydroxyl groups is 1. The van der Waals surface area contributed by atoms with Crippen LogP contribution in [0, 0.1) is 0 Å². The predicted octanol–water partition coefficient (Wildman–Crippen LogP) is 2.53. The summed E-state index contributed by atoms with van der Waals surface area (Å²) in [6, 6.07) is 6.34. The van der Waals surface area contributed by atoms with Crippen molar-refractivity contribution >= 4 is 11.6 Å². The lowest BCUT2D eigenvalue weighted by atomic mass is 10.1. The van der Waals surface area contributed by atoms with Crippen LogP contribution in [0.5, 0.6) is 5.88 Å². The van der Waals surface area contributed by atoms with Gasteiger partial charge in [0.1, 0.15) is 5.56 Å². The van der Waals surface area contributed by atoms with Crippen LogP contribution in [0.2, 0.25) is 5.02 Å². The third kappa shape index (κ3) is 2.49. The molecule has 1 aromatic carbocycles. The summed E-state index contributed by atoms with van der Waals surface area (Å²) in [5, 5.41) is 10.7. The summed E-state index contributed by atoms with van der Waals surface area (Å²) in [6.07, 6.45) is 0.647. The van der Waals surface area contributed by atoms with Crippen molar-refractivity contribution in [2.75, 3.05) is 0 Å². The summed E-state index contributed by atoms with van der Waals surface area (Å²) in [6.45, 7) is 3.68. The maximum absolute atomic E-state index is 12.0. The molecule has 0 fully saturated rings. The Morgan fingerprint density at radius 2 is 2.10 bits per heavy atom. The molecule has 20 heavy (non-hydrogen) atoms. The molecular weight excluding hydrogens is 280 g/mol. The molecule has 106 valence electrons. The van der Waals surface area contributed by atoms with Gasteiger partial charge in [0.2, 0.25) is 5.88 Å². The van der Waals surface area contributed by atoms with Crippen molar-refractivity contribution in [3.05, 3.63) is 50.1 Å². The molecule has 0 amide bonds. The van der Waals surface area contributed by atoms with Gasteiger partial charge in [0.25, 0.3) is 5.56 Å². The number of nitrogens with zero attached hydrogens (tertiary/aromatic N) is 1. The molecule has 0 saturated heterocycles. The predicted molar refractivity (Wildman–Crippen MR) is 78.4 cm³/mol. The average molecular weight is 295 g/mol. The first-order chi connectivity index (χ1) is 9.45. The highest BCUT2D eigenvalue weighted by Crippen LogP contribution is 2.28. The summed E-state index contributed by atoms with van der Waals surface area (Å²) in [5.41, 5.74) is -0.734. The van der Waals surface area contributed by atoms with Crippen LogP contribution in [0.4, 0.5) is 0 Å². The first-order valence-corrected chi connectivity index (χ1v) is 6.67. The Bertz CT molecular complexity index is 749. The third-order valence-corrected chi connectivity index (χ3v) is 3.50. The van der Waals surface area contributed by atoms with Crippen molar-refractivity contribution in [1.82, 2.24) is 9.55 Å². The molecule has 0 saturated carbocycles. The van der Waals surface area contributed by atoms with E-state index in [0.717, 1.165) is 0 Å². The molecular formula is C14H15ClN2O3. The largest absolute Gasteiger partial charge is 0.494 e. The SMILES string of the molecule is CCC(C)n1c(O)c(-c2cccc(Cl)c2)c(=O)[nH]c1=O. The Hall–Kier alpha value is -2.01. The Morgan fingerprint density at radius 3 is 2.70 bits per heavy atom. The summed E-state index contributed by atoms with van der Waals surface area (Å²) < 4.78 is 1.18. The number of hydrogen-bond donors (Lipinski definition) is 2. The quantitative estimate of drug-likeness (QED) is 0.913. The molecule has 2 N–H and O–H groups in total. The van der Waals surface area contributed by atoms with E-state index in [1.807, 2.05) is 6.92 Å². The smallest absolute Gasteiger partial charge is 0.331 e. The minimum atomic E-state index is -0.630. The highest BCUT2D eigenvalue weighted by Gasteiger charge is 2.18. The summed E-state index contributed by atoms with van der Waals surface area (Å²) in [7, 11) is 0. The second-order valence-electron chi connectivity index (χ2n) is 4.60. The third-order valence-electron chi connectivity index (χ3n) is 3.26. The molecule has 1 aromatic heterocycles. The standard InChI is InChI=1S/C14H15ClN2O3/c1-3-8(2)17-13(19)11(12(18)16-14(17)20)9-5-4-6-10(15)7-9/h4-8,19H,3H2,1-2H3,(H,16,18,20). The van der Waals surface area contributed by atoms with Gasteiger partial charge in [-0.2, -0.15) is 0 Å². The van der Waals surface area contributed by atoms with Crippen LogP contribution >= 0.6 is 11.6 Å². The zero-order chi connectivity index (χ0) is 14.9. The molecule has 0 radical (unpaired) electrons. The van der Waals surface area contributed by atoms with E-state index in [1.54, 1.807) is 31.2 Å². The van der Waals surface area contributed by atoms with E-state index in [2.05, 4.69) is 4.98 Å².